The Labute approximate surface area is 122 Å². The molecule has 108 valence electrons. The van der Waals surface area contributed by atoms with Crippen LogP contribution in [0.2, 0.25) is 0 Å². The highest BCUT2D eigenvalue weighted by Crippen LogP contribution is 2.27. The zero-order valence-corrected chi connectivity index (χ0v) is 12.8. The Balaban J connectivity index is 1.85. The van der Waals surface area contributed by atoms with E-state index < -0.39 is 0 Å². The van der Waals surface area contributed by atoms with Crippen LogP contribution in [0.5, 0.6) is 0 Å². The number of hydrogen-bond acceptors (Lipinski definition) is 5. The third-order valence-electron chi connectivity index (χ3n) is 4.18. The second-order valence-corrected chi connectivity index (χ2v) is 5.98. The molecule has 0 saturated carbocycles. The van der Waals surface area contributed by atoms with Crippen molar-refractivity contribution in [3.63, 3.8) is 0 Å². The molecule has 0 N–H and O–H groups in total. The number of aldehydes is 1. The lowest BCUT2D eigenvalue weighted by Crippen LogP contribution is -2.37. The van der Waals surface area contributed by atoms with Crippen molar-refractivity contribution in [2.45, 2.75) is 26.3 Å². The lowest BCUT2D eigenvalue weighted by molar-refractivity contribution is 0.111. The monoisotopic (exact) mass is 292 g/mol. The number of carbonyl (C=O) groups is 1. The molecule has 0 amide bonds. The minimum absolute atomic E-state index is 0.573. The Morgan fingerprint density at radius 2 is 2.30 bits per heavy atom. The fourth-order valence-corrected chi connectivity index (χ4v) is 3.82. The largest absolute Gasteiger partial charge is 0.353 e. The first-order valence-corrected chi connectivity index (χ1v) is 8.06. The molecule has 2 aromatic rings. The Bertz CT molecular complexity index is 601. The van der Waals surface area contributed by atoms with E-state index in [1.807, 2.05) is 16.0 Å². The van der Waals surface area contributed by atoms with Crippen LogP contribution in [0.25, 0.3) is 4.96 Å². The maximum atomic E-state index is 11.4. The Kier molecular flexibility index (Phi) is 3.76. The average Bonchev–Trinajstić information content (AvgIpc) is 3.14. The zero-order chi connectivity index (χ0) is 14.1. The summed E-state index contributed by atoms with van der Waals surface area (Å²) in [6.07, 6.45) is 3.98. The summed E-state index contributed by atoms with van der Waals surface area (Å²) in [5.74, 6) is 0.849. The molecule has 1 aliphatic heterocycles. The molecule has 20 heavy (non-hydrogen) atoms. The van der Waals surface area contributed by atoms with Crippen LogP contribution >= 0.6 is 11.3 Å². The van der Waals surface area contributed by atoms with E-state index in [2.05, 4.69) is 28.6 Å². The predicted octanol–water partition coefficient (Wildman–Crippen LogP) is 2.13. The third-order valence-corrected chi connectivity index (χ3v) is 4.94. The molecular weight excluding hydrogens is 272 g/mol. The number of anilines is 1. The van der Waals surface area contributed by atoms with Gasteiger partial charge in [-0.3, -0.25) is 14.1 Å². The molecule has 2 aromatic heterocycles. The number of imidazole rings is 1. The van der Waals surface area contributed by atoms with Crippen LogP contribution in [-0.2, 0) is 0 Å². The van der Waals surface area contributed by atoms with E-state index in [0.717, 1.165) is 49.7 Å². The van der Waals surface area contributed by atoms with Gasteiger partial charge >= 0.3 is 0 Å². The van der Waals surface area contributed by atoms with Crippen LogP contribution in [0.3, 0.4) is 0 Å². The van der Waals surface area contributed by atoms with Gasteiger partial charge in [-0.05, 0) is 19.5 Å². The summed E-state index contributed by atoms with van der Waals surface area (Å²) in [7, 11) is 0. The summed E-state index contributed by atoms with van der Waals surface area (Å²) >= 11 is 1.57. The molecule has 0 spiro atoms. The quantitative estimate of drug-likeness (QED) is 0.792. The molecule has 6 heteroatoms. The molecule has 0 aromatic carbocycles. The van der Waals surface area contributed by atoms with Crippen molar-refractivity contribution in [1.82, 2.24) is 14.3 Å². The van der Waals surface area contributed by atoms with Crippen molar-refractivity contribution in [1.29, 1.82) is 0 Å². The molecule has 0 radical (unpaired) electrons. The van der Waals surface area contributed by atoms with Gasteiger partial charge in [-0.2, -0.15) is 0 Å². The summed E-state index contributed by atoms with van der Waals surface area (Å²) in [4.78, 5) is 21.7. The van der Waals surface area contributed by atoms with Gasteiger partial charge in [0, 0.05) is 30.7 Å². The zero-order valence-electron chi connectivity index (χ0n) is 12.0. The fourth-order valence-electron chi connectivity index (χ4n) is 3.11. The van der Waals surface area contributed by atoms with Gasteiger partial charge in [-0.15, -0.1) is 11.3 Å². The van der Waals surface area contributed by atoms with Crippen LogP contribution in [0, 0.1) is 0 Å². The summed E-state index contributed by atoms with van der Waals surface area (Å²) in [6, 6.07) is 0.573. The lowest BCUT2D eigenvalue weighted by Gasteiger charge is -2.26. The van der Waals surface area contributed by atoms with Crippen molar-refractivity contribution in [2.75, 3.05) is 31.1 Å². The summed E-state index contributed by atoms with van der Waals surface area (Å²) in [6.45, 7) is 8.51. The van der Waals surface area contributed by atoms with Crippen LogP contribution in [0.1, 0.15) is 30.8 Å². The minimum Gasteiger partial charge on any atom is -0.353 e. The first kappa shape index (κ1) is 13.6. The van der Waals surface area contributed by atoms with Gasteiger partial charge in [-0.1, -0.05) is 13.8 Å². The molecular formula is C14H20N4OS. The minimum atomic E-state index is 0.573. The maximum Gasteiger partial charge on any atom is 0.196 e. The van der Waals surface area contributed by atoms with E-state index in [1.165, 1.54) is 0 Å². The van der Waals surface area contributed by atoms with Crippen molar-refractivity contribution in [3.8, 4) is 0 Å². The van der Waals surface area contributed by atoms with E-state index in [9.17, 15) is 4.79 Å². The van der Waals surface area contributed by atoms with Crippen LogP contribution in [0.15, 0.2) is 11.6 Å². The molecule has 1 atom stereocenters. The first-order chi connectivity index (χ1) is 9.78. The third kappa shape index (κ3) is 2.13. The van der Waals surface area contributed by atoms with Gasteiger partial charge in [0.25, 0.3) is 0 Å². The van der Waals surface area contributed by atoms with Gasteiger partial charge in [0.2, 0.25) is 0 Å². The summed E-state index contributed by atoms with van der Waals surface area (Å²) in [5, 5.41) is 1.96. The van der Waals surface area contributed by atoms with E-state index >= 15 is 0 Å². The number of carbonyl (C=O) groups excluding carboxylic acids is 1. The normalized spacial score (nSPS) is 19.4. The van der Waals surface area contributed by atoms with Gasteiger partial charge in [0.15, 0.2) is 17.1 Å². The van der Waals surface area contributed by atoms with Gasteiger partial charge < -0.3 is 4.90 Å². The number of rotatable bonds is 5. The first-order valence-electron chi connectivity index (χ1n) is 7.18. The molecule has 5 nitrogen and oxygen atoms in total. The second-order valence-electron chi connectivity index (χ2n) is 5.10. The van der Waals surface area contributed by atoms with Crippen molar-refractivity contribution < 1.29 is 4.79 Å². The topological polar surface area (TPSA) is 40.9 Å². The highest BCUT2D eigenvalue weighted by Gasteiger charge is 2.29. The van der Waals surface area contributed by atoms with Gasteiger partial charge in [0.05, 0.1) is 0 Å². The number of thiazole rings is 1. The van der Waals surface area contributed by atoms with Gasteiger partial charge in [0.1, 0.15) is 5.69 Å². The number of nitrogens with zero attached hydrogens (tertiary/aromatic N) is 4. The number of fused-ring (bicyclic) bond motifs is 1. The molecule has 1 aliphatic rings. The molecule has 3 heterocycles. The van der Waals surface area contributed by atoms with E-state index in [-0.39, 0.29) is 0 Å². The Hall–Kier alpha value is -1.40. The number of likely N-dealkylation sites (N-methyl/N-ethyl adjacent to an activating group) is 1. The van der Waals surface area contributed by atoms with Crippen LogP contribution in [0.4, 0.5) is 5.82 Å². The van der Waals surface area contributed by atoms with Crippen molar-refractivity contribution in [3.05, 3.63) is 17.3 Å². The SMILES string of the molecule is CCN(CC)C1CCN(c2nc3sccn3c2C=O)C1. The lowest BCUT2D eigenvalue weighted by atomic mass is 10.2. The molecule has 0 bridgehead atoms. The standard InChI is InChI=1S/C14H20N4OS/c1-3-16(4-2)11-5-6-17(9-11)13-12(10-19)18-7-8-20-14(18)15-13/h7-8,10-11H,3-6,9H2,1-2H3. The summed E-state index contributed by atoms with van der Waals surface area (Å²) in [5.41, 5.74) is 0.682. The van der Waals surface area contributed by atoms with Crippen LogP contribution < -0.4 is 4.90 Å². The van der Waals surface area contributed by atoms with Crippen molar-refractivity contribution >= 4 is 28.4 Å². The highest BCUT2D eigenvalue weighted by molar-refractivity contribution is 7.15. The average molecular weight is 292 g/mol. The van der Waals surface area contributed by atoms with Gasteiger partial charge in [-0.25, -0.2) is 4.98 Å². The Morgan fingerprint density at radius 3 is 3.00 bits per heavy atom. The molecule has 1 unspecified atom stereocenters. The smallest absolute Gasteiger partial charge is 0.196 e. The molecule has 0 aliphatic carbocycles. The predicted molar refractivity (Wildman–Crippen MR) is 82.0 cm³/mol. The Morgan fingerprint density at radius 1 is 1.50 bits per heavy atom. The molecule has 3 rings (SSSR count). The number of hydrogen-bond donors (Lipinski definition) is 0. The highest BCUT2D eigenvalue weighted by atomic mass is 32.1. The van der Waals surface area contributed by atoms with Crippen LogP contribution in [-0.4, -0.2) is 52.8 Å². The number of aromatic nitrogens is 2. The maximum absolute atomic E-state index is 11.4. The van der Waals surface area contributed by atoms with E-state index in [4.69, 9.17) is 0 Å². The summed E-state index contributed by atoms with van der Waals surface area (Å²) < 4.78 is 1.89. The van der Waals surface area contributed by atoms with E-state index in [1.54, 1.807) is 11.3 Å². The van der Waals surface area contributed by atoms with E-state index in [0.29, 0.717) is 11.7 Å². The molecule has 1 fully saturated rings. The van der Waals surface area contributed by atoms with Crippen molar-refractivity contribution in [2.24, 2.45) is 0 Å². The second kappa shape index (κ2) is 5.54. The fraction of sp³-hybridized carbons (Fsp3) is 0.571. The molecule has 1 saturated heterocycles.